The number of nitrogens with zero attached hydrogens (tertiary/aromatic N) is 6. The number of fused-ring (bicyclic) bond motifs is 1. The van der Waals surface area contributed by atoms with Crippen LogP contribution in [0.25, 0.3) is 0 Å². The number of anilines is 1. The summed E-state index contributed by atoms with van der Waals surface area (Å²) >= 11 is 0. The second kappa shape index (κ2) is 13.9. The van der Waals surface area contributed by atoms with Gasteiger partial charge < -0.3 is 34.3 Å². The monoisotopic (exact) mass is 613 g/mol. The molecule has 0 aromatic carbocycles. The summed E-state index contributed by atoms with van der Waals surface area (Å²) in [6.07, 6.45) is 2.10. The van der Waals surface area contributed by atoms with E-state index in [1.165, 1.54) is 4.90 Å². The van der Waals surface area contributed by atoms with Gasteiger partial charge in [0.15, 0.2) is 5.89 Å². The zero-order valence-electron chi connectivity index (χ0n) is 27.1. The van der Waals surface area contributed by atoms with Crippen molar-refractivity contribution >= 4 is 23.7 Å². The first kappa shape index (κ1) is 33.2. The van der Waals surface area contributed by atoms with Crippen molar-refractivity contribution in [3.63, 3.8) is 0 Å². The van der Waals surface area contributed by atoms with E-state index in [9.17, 15) is 19.5 Å². The number of aromatic nitrogens is 3. The molecule has 2 aliphatic heterocycles. The minimum atomic E-state index is -1.12. The van der Waals surface area contributed by atoms with Gasteiger partial charge >= 0.3 is 6.09 Å². The maximum Gasteiger partial charge on any atom is 0.407 e. The number of carbonyl (C=O) groups is 3. The fourth-order valence-electron chi connectivity index (χ4n) is 5.81. The second-order valence-electron chi connectivity index (χ2n) is 13.2. The fourth-order valence-corrected chi connectivity index (χ4v) is 5.81. The molecule has 0 bridgehead atoms. The van der Waals surface area contributed by atoms with Crippen LogP contribution in [0.1, 0.15) is 81.0 Å². The molecule has 0 spiro atoms. The van der Waals surface area contributed by atoms with Crippen LogP contribution in [0.4, 0.5) is 10.6 Å². The predicted molar refractivity (Wildman–Crippen MR) is 163 cm³/mol. The molecule has 44 heavy (non-hydrogen) atoms. The summed E-state index contributed by atoms with van der Waals surface area (Å²) in [6, 6.07) is -0.514. The van der Waals surface area contributed by atoms with Crippen LogP contribution in [0, 0.1) is 18.8 Å². The van der Waals surface area contributed by atoms with Gasteiger partial charge in [-0.1, -0.05) is 34.6 Å². The lowest BCUT2D eigenvalue weighted by Crippen LogP contribution is -2.57. The number of ether oxygens (including phenoxy) is 1. The van der Waals surface area contributed by atoms with Crippen molar-refractivity contribution in [1.29, 1.82) is 0 Å². The highest BCUT2D eigenvalue weighted by Gasteiger charge is 2.41. The van der Waals surface area contributed by atoms with Crippen LogP contribution in [0.15, 0.2) is 10.6 Å². The average Bonchev–Trinajstić information content (AvgIpc) is 3.35. The van der Waals surface area contributed by atoms with Crippen molar-refractivity contribution in [3.8, 4) is 0 Å². The quantitative estimate of drug-likeness (QED) is 0.380. The highest BCUT2D eigenvalue weighted by atomic mass is 16.5. The Labute approximate surface area is 259 Å². The summed E-state index contributed by atoms with van der Waals surface area (Å²) in [5, 5.41) is 13.3. The van der Waals surface area contributed by atoms with E-state index in [1.807, 2.05) is 34.6 Å². The third-order valence-electron chi connectivity index (χ3n) is 7.97. The topological polar surface area (TPSA) is 154 Å². The lowest BCUT2D eigenvalue weighted by Gasteiger charge is -2.43. The van der Waals surface area contributed by atoms with E-state index in [-0.39, 0.29) is 36.2 Å². The molecule has 2 atom stereocenters. The molecule has 4 heterocycles. The van der Waals surface area contributed by atoms with E-state index in [2.05, 4.69) is 15.3 Å². The van der Waals surface area contributed by atoms with Gasteiger partial charge in [0.25, 0.3) is 5.91 Å². The summed E-state index contributed by atoms with van der Waals surface area (Å²) in [7, 11) is 1.64. The average molecular weight is 614 g/mol. The normalized spacial score (nSPS) is 18.7. The molecule has 4 rings (SSSR count). The van der Waals surface area contributed by atoms with E-state index >= 15 is 0 Å². The smallest absolute Gasteiger partial charge is 0.407 e. The molecule has 13 heteroatoms. The number of aryl methyl sites for hydroxylation is 1. The zero-order valence-corrected chi connectivity index (χ0v) is 27.1. The molecule has 1 fully saturated rings. The lowest BCUT2D eigenvalue weighted by atomic mass is 9.90. The standard InChI is InChI=1S/C31H47N7O6/c1-19(2)15-38(28(40)23-14-33-29(31(4,5)6)35-26(23)32-10-8-12-43-7)22-13-21(16-37(17-22)30(41)42)27(39)36-11-9-24-25(18-36)44-20(3)34-24/h14,19,21-22H,8-13,15-18H2,1-7H3,(H,41,42)(H,32,33,35)/t21-,22+/m1/s1. The first-order chi connectivity index (χ1) is 20.8. The Morgan fingerprint density at radius 2 is 1.95 bits per heavy atom. The molecule has 2 N–H and O–H groups in total. The number of piperidine rings is 1. The molecular weight excluding hydrogens is 566 g/mol. The van der Waals surface area contributed by atoms with Crippen molar-refractivity contribution in [2.24, 2.45) is 11.8 Å². The Balaban J connectivity index is 1.62. The molecule has 2 aromatic rings. The number of hydrogen-bond donors (Lipinski definition) is 2. The second-order valence-corrected chi connectivity index (χ2v) is 13.2. The molecular formula is C31H47N7O6. The zero-order chi connectivity index (χ0) is 32.2. The number of likely N-dealkylation sites (tertiary alicyclic amines) is 1. The van der Waals surface area contributed by atoms with E-state index in [1.54, 1.807) is 30.0 Å². The van der Waals surface area contributed by atoms with E-state index in [0.717, 1.165) is 12.1 Å². The van der Waals surface area contributed by atoms with Crippen molar-refractivity contribution in [1.82, 2.24) is 29.7 Å². The number of oxazole rings is 1. The van der Waals surface area contributed by atoms with Crippen molar-refractivity contribution < 1.29 is 28.6 Å². The molecule has 1 saturated heterocycles. The lowest BCUT2D eigenvalue weighted by molar-refractivity contribution is -0.139. The molecule has 0 saturated carbocycles. The molecule has 0 radical (unpaired) electrons. The number of carboxylic acid groups (broad SMARTS) is 1. The highest BCUT2D eigenvalue weighted by Crippen LogP contribution is 2.29. The Bertz CT molecular complexity index is 1340. The van der Waals surface area contributed by atoms with Gasteiger partial charge in [0.05, 0.1) is 24.2 Å². The van der Waals surface area contributed by atoms with Crippen LogP contribution in [0.5, 0.6) is 0 Å². The molecule has 0 aliphatic carbocycles. The number of methoxy groups -OCH3 is 1. The third-order valence-corrected chi connectivity index (χ3v) is 7.97. The SMILES string of the molecule is COCCCNc1nc(C(C)(C)C)ncc1C(=O)N(CC(C)C)[C@H]1C[C@@H](C(=O)N2CCc3nc(C)oc3C2)CN(C(=O)O)C1. The third kappa shape index (κ3) is 7.85. The first-order valence-corrected chi connectivity index (χ1v) is 15.4. The number of carbonyl (C=O) groups excluding carboxylic acids is 2. The Morgan fingerprint density at radius 3 is 2.61 bits per heavy atom. The summed E-state index contributed by atoms with van der Waals surface area (Å²) in [6.45, 7) is 14.3. The summed E-state index contributed by atoms with van der Waals surface area (Å²) in [5.74, 6) is 1.32. The van der Waals surface area contributed by atoms with Gasteiger partial charge in [-0.05, 0) is 18.8 Å². The van der Waals surface area contributed by atoms with E-state index in [4.69, 9.17) is 14.1 Å². The minimum absolute atomic E-state index is 0.0723. The molecule has 242 valence electrons. The molecule has 0 unspecified atom stereocenters. The number of rotatable bonds is 10. The summed E-state index contributed by atoms with van der Waals surface area (Å²) in [5.41, 5.74) is 0.844. The van der Waals surface area contributed by atoms with Gasteiger partial charge in [-0.3, -0.25) is 9.59 Å². The van der Waals surface area contributed by atoms with Gasteiger partial charge in [0, 0.05) is 71.4 Å². The Morgan fingerprint density at radius 1 is 1.20 bits per heavy atom. The van der Waals surface area contributed by atoms with Crippen LogP contribution < -0.4 is 5.32 Å². The van der Waals surface area contributed by atoms with E-state index in [0.29, 0.717) is 74.5 Å². The van der Waals surface area contributed by atoms with Crippen molar-refractivity contribution in [3.05, 3.63) is 34.9 Å². The van der Waals surface area contributed by atoms with Gasteiger partial charge in [-0.2, -0.15) is 0 Å². The Kier molecular flexibility index (Phi) is 10.5. The van der Waals surface area contributed by atoms with E-state index < -0.39 is 18.1 Å². The summed E-state index contributed by atoms with van der Waals surface area (Å²) < 4.78 is 10.9. The van der Waals surface area contributed by atoms with Crippen molar-refractivity contribution in [2.75, 3.05) is 51.8 Å². The number of nitrogens with one attached hydrogen (secondary N) is 1. The molecule has 2 aliphatic rings. The maximum atomic E-state index is 14.3. The minimum Gasteiger partial charge on any atom is -0.465 e. The van der Waals surface area contributed by atoms with Crippen molar-refractivity contribution in [2.45, 2.75) is 78.8 Å². The largest absolute Gasteiger partial charge is 0.465 e. The van der Waals surface area contributed by atoms with Crippen LogP contribution in [0.3, 0.4) is 0 Å². The van der Waals surface area contributed by atoms with Gasteiger partial charge in [-0.25, -0.2) is 19.7 Å². The Hall–Kier alpha value is -3.74. The molecule has 2 aromatic heterocycles. The van der Waals surface area contributed by atoms with Gasteiger partial charge in [-0.15, -0.1) is 0 Å². The fraction of sp³-hybridized carbons (Fsp3) is 0.677. The van der Waals surface area contributed by atoms with Crippen LogP contribution in [-0.2, 0) is 27.9 Å². The highest BCUT2D eigenvalue weighted by molar-refractivity contribution is 5.98. The van der Waals surface area contributed by atoms with Gasteiger partial charge in [0.2, 0.25) is 5.91 Å². The van der Waals surface area contributed by atoms with Crippen LogP contribution >= 0.6 is 0 Å². The predicted octanol–water partition coefficient (Wildman–Crippen LogP) is 3.57. The maximum absolute atomic E-state index is 14.3. The summed E-state index contributed by atoms with van der Waals surface area (Å²) in [4.78, 5) is 58.8. The number of amides is 3. The number of hydrogen-bond acceptors (Lipinski definition) is 9. The molecule has 13 nitrogen and oxygen atoms in total. The van der Waals surface area contributed by atoms with Gasteiger partial charge in [0.1, 0.15) is 23.0 Å². The van der Waals surface area contributed by atoms with Crippen LogP contribution in [-0.4, -0.2) is 105 Å². The van der Waals surface area contributed by atoms with Crippen LogP contribution in [0.2, 0.25) is 0 Å². The molecule has 3 amide bonds. The first-order valence-electron chi connectivity index (χ1n) is 15.4.